The van der Waals surface area contributed by atoms with Gasteiger partial charge in [-0.2, -0.15) is 0 Å². The van der Waals surface area contributed by atoms with Crippen molar-refractivity contribution in [2.75, 3.05) is 12.8 Å². The van der Waals surface area contributed by atoms with Crippen LogP contribution in [0.3, 0.4) is 0 Å². The van der Waals surface area contributed by atoms with Crippen molar-refractivity contribution in [3.05, 3.63) is 64.1 Å². The van der Waals surface area contributed by atoms with Gasteiger partial charge >= 0.3 is 0 Å². The fraction of sp³-hybridized carbons (Fsp3) is 0.133. The summed E-state index contributed by atoms with van der Waals surface area (Å²) in [6, 6.07) is 14.8. The summed E-state index contributed by atoms with van der Waals surface area (Å²) >= 11 is 3.49. The summed E-state index contributed by atoms with van der Waals surface area (Å²) in [7, 11) is 1.79. The van der Waals surface area contributed by atoms with Crippen molar-refractivity contribution in [3.8, 4) is 0 Å². The van der Waals surface area contributed by atoms with E-state index in [9.17, 15) is 4.79 Å². The third kappa shape index (κ3) is 3.35. The van der Waals surface area contributed by atoms with Crippen molar-refractivity contribution in [1.82, 2.24) is 4.90 Å². The monoisotopic (exact) mass is 318 g/mol. The summed E-state index contributed by atoms with van der Waals surface area (Å²) in [4.78, 5) is 13.9. The number of benzene rings is 2. The number of carbonyl (C=O) groups excluding carboxylic acids is 1. The summed E-state index contributed by atoms with van der Waals surface area (Å²) in [5, 5.41) is 0. The Balaban J connectivity index is 2.12. The van der Waals surface area contributed by atoms with Crippen LogP contribution >= 0.6 is 15.9 Å². The molecule has 2 rings (SSSR count). The molecule has 0 aliphatic carbocycles. The van der Waals surface area contributed by atoms with Crippen molar-refractivity contribution < 1.29 is 4.79 Å². The Hall–Kier alpha value is -1.81. The van der Waals surface area contributed by atoms with Crippen LogP contribution in [0.2, 0.25) is 0 Å². The summed E-state index contributed by atoms with van der Waals surface area (Å²) in [6.45, 7) is 0.560. The van der Waals surface area contributed by atoms with Gasteiger partial charge in [0.2, 0.25) is 0 Å². The fourth-order valence-corrected chi connectivity index (χ4v) is 2.21. The van der Waals surface area contributed by atoms with Crippen molar-refractivity contribution in [1.29, 1.82) is 0 Å². The van der Waals surface area contributed by atoms with Gasteiger partial charge in [-0.25, -0.2) is 0 Å². The first-order valence-electron chi connectivity index (χ1n) is 5.92. The van der Waals surface area contributed by atoms with E-state index < -0.39 is 0 Å². The van der Waals surface area contributed by atoms with Gasteiger partial charge in [0, 0.05) is 29.3 Å². The lowest BCUT2D eigenvalue weighted by molar-refractivity contribution is 0.0785. The highest BCUT2D eigenvalue weighted by molar-refractivity contribution is 9.10. The van der Waals surface area contributed by atoms with Crippen molar-refractivity contribution >= 4 is 27.5 Å². The molecule has 0 saturated heterocycles. The van der Waals surface area contributed by atoms with Crippen LogP contribution in [0, 0.1) is 0 Å². The second-order valence-corrected chi connectivity index (χ2v) is 5.23. The number of anilines is 1. The summed E-state index contributed by atoms with van der Waals surface area (Å²) in [6.07, 6.45) is 0. The van der Waals surface area contributed by atoms with E-state index in [-0.39, 0.29) is 5.91 Å². The lowest BCUT2D eigenvalue weighted by Gasteiger charge is -2.18. The van der Waals surface area contributed by atoms with E-state index in [4.69, 9.17) is 5.73 Å². The molecule has 0 aliphatic heterocycles. The molecule has 3 nitrogen and oxygen atoms in total. The smallest absolute Gasteiger partial charge is 0.253 e. The molecule has 1 amide bonds. The average molecular weight is 319 g/mol. The van der Waals surface area contributed by atoms with Crippen LogP contribution in [0.1, 0.15) is 15.9 Å². The van der Waals surface area contributed by atoms with Crippen LogP contribution in [0.4, 0.5) is 5.69 Å². The molecule has 98 valence electrons. The van der Waals surface area contributed by atoms with Crippen LogP contribution in [0.25, 0.3) is 0 Å². The minimum absolute atomic E-state index is 0.0178. The number of amides is 1. The second kappa shape index (κ2) is 5.89. The maximum Gasteiger partial charge on any atom is 0.253 e. The number of halogens is 1. The fourth-order valence-electron chi connectivity index (χ4n) is 1.80. The quantitative estimate of drug-likeness (QED) is 0.882. The minimum Gasteiger partial charge on any atom is -0.399 e. The molecule has 0 atom stereocenters. The Morgan fingerprint density at radius 2 is 1.79 bits per heavy atom. The van der Waals surface area contributed by atoms with E-state index in [1.807, 2.05) is 24.3 Å². The first-order valence-corrected chi connectivity index (χ1v) is 6.71. The van der Waals surface area contributed by atoms with Crippen LogP contribution < -0.4 is 5.73 Å². The highest BCUT2D eigenvalue weighted by Gasteiger charge is 2.12. The lowest BCUT2D eigenvalue weighted by atomic mass is 10.1. The topological polar surface area (TPSA) is 46.3 Å². The Morgan fingerprint density at radius 1 is 1.16 bits per heavy atom. The molecular formula is C15H15BrN2O. The van der Waals surface area contributed by atoms with Crippen LogP contribution in [0.5, 0.6) is 0 Å². The van der Waals surface area contributed by atoms with E-state index in [2.05, 4.69) is 15.9 Å². The number of nitrogen functional groups attached to an aromatic ring is 1. The van der Waals surface area contributed by atoms with Gasteiger partial charge in [-0.1, -0.05) is 34.1 Å². The van der Waals surface area contributed by atoms with E-state index in [0.29, 0.717) is 17.8 Å². The van der Waals surface area contributed by atoms with Crippen LogP contribution in [-0.4, -0.2) is 17.9 Å². The van der Waals surface area contributed by atoms with E-state index in [0.717, 1.165) is 10.0 Å². The molecule has 0 aliphatic rings. The van der Waals surface area contributed by atoms with E-state index in [1.54, 1.807) is 36.2 Å². The van der Waals surface area contributed by atoms with Gasteiger partial charge in [-0.05, 0) is 35.9 Å². The second-order valence-electron chi connectivity index (χ2n) is 4.37. The first kappa shape index (κ1) is 13.6. The van der Waals surface area contributed by atoms with Gasteiger partial charge in [0.25, 0.3) is 5.91 Å². The third-order valence-corrected chi connectivity index (χ3v) is 3.64. The number of nitrogens with two attached hydrogens (primary N) is 1. The molecule has 0 saturated carbocycles. The van der Waals surface area contributed by atoms with Crippen LogP contribution in [0.15, 0.2) is 53.0 Å². The van der Waals surface area contributed by atoms with Crippen molar-refractivity contribution in [3.63, 3.8) is 0 Å². The van der Waals surface area contributed by atoms with Crippen molar-refractivity contribution in [2.45, 2.75) is 6.54 Å². The maximum atomic E-state index is 12.2. The number of rotatable bonds is 3. The molecule has 2 aromatic carbocycles. The highest BCUT2D eigenvalue weighted by Crippen LogP contribution is 2.18. The van der Waals surface area contributed by atoms with Gasteiger partial charge in [0.15, 0.2) is 0 Å². The molecular weight excluding hydrogens is 304 g/mol. The number of nitrogens with zero attached hydrogens (tertiary/aromatic N) is 1. The Kier molecular flexibility index (Phi) is 4.22. The van der Waals surface area contributed by atoms with Gasteiger partial charge in [0.05, 0.1) is 0 Å². The SMILES string of the molecule is CN(Cc1ccccc1Br)C(=O)c1ccc(N)cc1. The molecule has 0 bridgehead atoms. The summed E-state index contributed by atoms with van der Waals surface area (Å²) in [5.41, 5.74) is 7.99. The molecule has 0 spiro atoms. The van der Waals surface area contributed by atoms with E-state index >= 15 is 0 Å². The molecule has 4 heteroatoms. The standard InChI is InChI=1S/C15H15BrN2O/c1-18(10-12-4-2-3-5-14(12)16)15(19)11-6-8-13(17)9-7-11/h2-9H,10,17H2,1H3. The molecule has 0 heterocycles. The van der Waals surface area contributed by atoms with Gasteiger partial charge in [-0.15, -0.1) is 0 Å². The Labute approximate surface area is 121 Å². The first-order chi connectivity index (χ1) is 9.08. The zero-order chi connectivity index (χ0) is 13.8. The maximum absolute atomic E-state index is 12.2. The molecule has 0 unspecified atom stereocenters. The minimum atomic E-state index is -0.0178. The van der Waals surface area contributed by atoms with Crippen molar-refractivity contribution in [2.24, 2.45) is 0 Å². The molecule has 2 N–H and O–H groups in total. The van der Waals surface area contributed by atoms with E-state index in [1.165, 1.54) is 0 Å². The number of hydrogen-bond acceptors (Lipinski definition) is 2. The lowest BCUT2D eigenvalue weighted by Crippen LogP contribution is -2.26. The normalized spacial score (nSPS) is 10.2. The molecule has 19 heavy (non-hydrogen) atoms. The number of carbonyl (C=O) groups is 1. The predicted octanol–water partition coefficient (Wildman–Crippen LogP) is 3.30. The van der Waals surface area contributed by atoms with Crippen LogP contribution in [-0.2, 0) is 6.54 Å². The van der Waals surface area contributed by atoms with Gasteiger partial charge in [0.1, 0.15) is 0 Å². The Bertz CT molecular complexity index is 581. The summed E-state index contributed by atoms with van der Waals surface area (Å²) in [5.74, 6) is -0.0178. The zero-order valence-electron chi connectivity index (χ0n) is 10.6. The molecule has 0 radical (unpaired) electrons. The molecule has 2 aromatic rings. The highest BCUT2D eigenvalue weighted by atomic mass is 79.9. The largest absolute Gasteiger partial charge is 0.399 e. The predicted molar refractivity (Wildman–Crippen MR) is 80.8 cm³/mol. The Morgan fingerprint density at radius 3 is 2.42 bits per heavy atom. The molecule has 0 fully saturated rings. The van der Waals surface area contributed by atoms with Gasteiger partial charge in [-0.3, -0.25) is 4.79 Å². The number of hydrogen-bond donors (Lipinski definition) is 1. The average Bonchev–Trinajstić information content (AvgIpc) is 2.41. The summed E-state index contributed by atoms with van der Waals surface area (Å²) < 4.78 is 1.01. The van der Waals surface area contributed by atoms with Gasteiger partial charge < -0.3 is 10.6 Å². The zero-order valence-corrected chi connectivity index (χ0v) is 12.2. The third-order valence-electron chi connectivity index (χ3n) is 2.87. The molecule has 0 aromatic heterocycles.